The third-order valence-electron chi connectivity index (χ3n) is 0.475. The summed E-state index contributed by atoms with van der Waals surface area (Å²) < 4.78 is 0. The first kappa shape index (κ1) is 10.0. The second-order valence-corrected chi connectivity index (χ2v) is 2.58. The number of alkyl halides is 1. The van der Waals surface area contributed by atoms with Gasteiger partial charge in [0, 0.05) is 0 Å². The van der Waals surface area contributed by atoms with Crippen molar-refractivity contribution in [3.05, 3.63) is 11.7 Å². The molecule has 58 valence electrons. The lowest BCUT2D eigenvalue weighted by atomic mass is 10.9. The lowest BCUT2D eigenvalue weighted by molar-refractivity contribution is 0.965. The molecule has 0 spiro atoms. The molecule has 0 saturated carbocycles. The molecule has 1 atom stereocenters. The van der Waals surface area contributed by atoms with Gasteiger partial charge in [-0.05, 0) is 11.6 Å². The molecule has 0 aromatic carbocycles. The van der Waals surface area contributed by atoms with Crippen LogP contribution in [0.3, 0.4) is 0 Å². The predicted octanol–water partition coefficient (Wildman–Crippen LogP) is 1.36. The quantitative estimate of drug-likeness (QED) is 0.307. The predicted molar refractivity (Wildman–Crippen MR) is 45.2 cm³/mol. The van der Waals surface area contributed by atoms with Crippen LogP contribution in [0.15, 0.2) is 16.7 Å². The molecule has 3 N–H and O–H groups in total. The average molecular weight is 202 g/mol. The Labute approximate surface area is 73.8 Å². The molecular formula is C4H6Cl3N3. The van der Waals surface area contributed by atoms with E-state index in [2.05, 4.69) is 16.9 Å². The highest BCUT2D eigenvalue weighted by Crippen LogP contribution is 1.95. The first-order chi connectivity index (χ1) is 4.52. The van der Waals surface area contributed by atoms with Gasteiger partial charge in [0.05, 0.1) is 0 Å². The zero-order chi connectivity index (χ0) is 8.15. The summed E-state index contributed by atoms with van der Waals surface area (Å²) in [6, 6.07) is 0. The number of halogens is 3. The second kappa shape index (κ2) is 4.79. The SMILES string of the molecule is C=C(Cl)NC(Cl)=N[C@H](N)Cl. The van der Waals surface area contributed by atoms with E-state index in [1.54, 1.807) is 0 Å². The van der Waals surface area contributed by atoms with Gasteiger partial charge < -0.3 is 5.32 Å². The van der Waals surface area contributed by atoms with Crippen molar-refractivity contribution in [1.82, 2.24) is 5.32 Å². The first-order valence-corrected chi connectivity index (χ1v) is 3.46. The molecular weight excluding hydrogens is 196 g/mol. The van der Waals surface area contributed by atoms with Gasteiger partial charge in [0.15, 0.2) is 10.9 Å². The van der Waals surface area contributed by atoms with Crippen molar-refractivity contribution in [2.45, 2.75) is 5.62 Å². The summed E-state index contributed by atoms with van der Waals surface area (Å²) in [6.07, 6.45) is 0. The maximum atomic E-state index is 5.40. The molecule has 3 nitrogen and oxygen atoms in total. The molecule has 0 aliphatic carbocycles. The summed E-state index contributed by atoms with van der Waals surface area (Å²) in [5, 5.41) is 2.57. The molecule has 0 bridgehead atoms. The Bertz CT molecular complexity index is 154. The Kier molecular flexibility index (Phi) is 4.81. The van der Waals surface area contributed by atoms with E-state index >= 15 is 0 Å². The van der Waals surface area contributed by atoms with E-state index in [1.165, 1.54) is 0 Å². The number of nitrogens with one attached hydrogen (secondary N) is 1. The zero-order valence-electron chi connectivity index (χ0n) is 4.94. The minimum absolute atomic E-state index is 0.0162. The Hall–Kier alpha value is 0.0400. The van der Waals surface area contributed by atoms with Crippen LogP contribution in [0.2, 0.25) is 0 Å². The van der Waals surface area contributed by atoms with Crippen molar-refractivity contribution in [3.63, 3.8) is 0 Å². The van der Waals surface area contributed by atoms with Gasteiger partial charge in [-0.2, -0.15) is 0 Å². The third-order valence-corrected chi connectivity index (χ3v) is 0.860. The largest absolute Gasteiger partial charge is 0.322 e. The number of nitrogens with two attached hydrogens (primary N) is 1. The van der Waals surface area contributed by atoms with Crippen LogP contribution in [-0.2, 0) is 0 Å². The Morgan fingerprint density at radius 2 is 2.10 bits per heavy atom. The maximum absolute atomic E-state index is 5.40. The van der Waals surface area contributed by atoms with Crippen LogP contribution in [0.1, 0.15) is 0 Å². The van der Waals surface area contributed by atoms with Crippen molar-refractivity contribution >= 4 is 40.1 Å². The minimum atomic E-state index is -0.865. The Balaban J connectivity index is 3.82. The average Bonchev–Trinajstić information content (AvgIpc) is 1.58. The highest BCUT2D eigenvalue weighted by atomic mass is 35.5. The van der Waals surface area contributed by atoms with Gasteiger partial charge in [-0.25, -0.2) is 4.99 Å². The van der Waals surface area contributed by atoms with Crippen LogP contribution < -0.4 is 11.1 Å². The summed E-state index contributed by atoms with van der Waals surface area (Å²) >= 11 is 16.0. The van der Waals surface area contributed by atoms with E-state index < -0.39 is 5.62 Å². The van der Waals surface area contributed by atoms with Crippen LogP contribution in [0.25, 0.3) is 0 Å². The smallest absolute Gasteiger partial charge is 0.199 e. The lowest BCUT2D eigenvalue weighted by Gasteiger charge is -2.00. The standard InChI is InChI=1S/C4H6Cl3N3/c1-2(5)9-4(7)10-3(6)8/h3H,1,8H2,(H,9,10)/t3-/m0/s1. The molecule has 0 aromatic rings. The number of nitrogens with zero attached hydrogens (tertiary/aromatic N) is 1. The van der Waals surface area contributed by atoms with E-state index in [1.807, 2.05) is 0 Å². The van der Waals surface area contributed by atoms with Gasteiger partial charge in [-0.15, -0.1) is 0 Å². The van der Waals surface area contributed by atoms with Crippen LogP contribution in [-0.4, -0.2) is 10.9 Å². The molecule has 0 aliphatic rings. The first-order valence-electron chi connectivity index (χ1n) is 2.26. The van der Waals surface area contributed by atoms with Crippen molar-refractivity contribution in [3.8, 4) is 0 Å². The van der Waals surface area contributed by atoms with E-state index in [0.717, 1.165) is 0 Å². The van der Waals surface area contributed by atoms with Gasteiger partial charge >= 0.3 is 0 Å². The highest BCUT2D eigenvalue weighted by molar-refractivity contribution is 6.65. The van der Waals surface area contributed by atoms with E-state index in [-0.39, 0.29) is 10.5 Å². The summed E-state index contributed by atoms with van der Waals surface area (Å²) in [4.78, 5) is 3.49. The minimum Gasteiger partial charge on any atom is -0.322 e. The molecule has 6 heteroatoms. The van der Waals surface area contributed by atoms with Gasteiger partial charge in [-0.1, -0.05) is 29.8 Å². The number of amidine groups is 1. The molecule has 0 radical (unpaired) electrons. The topological polar surface area (TPSA) is 50.4 Å². The molecule has 0 aromatic heterocycles. The second-order valence-electron chi connectivity index (χ2n) is 1.32. The van der Waals surface area contributed by atoms with Gasteiger partial charge in [0.25, 0.3) is 0 Å². The summed E-state index contributed by atoms with van der Waals surface area (Å²) in [5.74, 6) is 0. The number of rotatable bonds is 2. The molecule has 0 saturated heterocycles. The fourth-order valence-electron chi connectivity index (χ4n) is 0.252. The summed E-state index contributed by atoms with van der Waals surface area (Å²) in [6.45, 7) is 3.31. The van der Waals surface area contributed by atoms with Crippen LogP contribution in [0.5, 0.6) is 0 Å². The maximum Gasteiger partial charge on any atom is 0.199 e. The number of hydrogen-bond donors (Lipinski definition) is 2. The van der Waals surface area contributed by atoms with Crippen LogP contribution >= 0.6 is 34.8 Å². The molecule has 0 amide bonds. The number of aliphatic imine (C=N–C) groups is 1. The summed E-state index contributed by atoms with van der Waals surface area (Å²) in [7, 11) is 0. The third kappa shape index (κ3) is 6.16. The van der Waals surface area contributed by atoms with Gasteiger partial charge in [0.2, 0.25) is 0 Å². The van der Waals surface area contributed by atoms with Crippen LogP contribution in [0, 0.1) is 0 Å². The van der Waals surface area contributed by atoms with Crippen molar-refractivity contribution in [1.29, 1.82) is 0 Å². The monoisotopic (exact) mass is 201 g/mol. The van der Waals surface area contributed by atoms with Crippen LogP contribution in [0.4, 0.5) is 0 Å². The fourth-order valence-corrected chi connectivity index (χ4v) is 0.757. The van der Waals surface area contributed by atoms with Crippen molar-refractivity contribution in [2.24, 2.45) is 10.7 Å². The Morgan fingerprint density at radius 3 is 2.40 bits per heavy atom. The molecule has 0 fully saturated rings. The van der Waals surface area contributed by atoms with Crippen molar-refractivity contribution < 1.29 is 0 Å². The van der Waals surface area contributed by atoms with E-state index in [4.69, 9.17) is 40.5 Å². The molecule has 0 aliphatic heterocycles. The normalized spacial score (nSPS) is 14.6. The molecule has 0 rings (SSSR count). The molecule has 0 unspecified atom stereocenters. The molecule has 10 heavy (non-hydrogen) atoms. The zero-order valence-corrected chi connectivity index (χ0v) is 7.21. The van der Waals surface area contributed by atoms with Crippen molar-refractivity contribution in [2.75, 3.05) is 0 Å². The van der Waals surface area contributed by atoms with Gasteiger partial charge in [-0.3, -0.25) is 5.73 Å². The highest BCUT2D eigenvalue weighted by Gasteiger charge is 1.95. The van der Waals surface area contributed by atoms with Gasteiger partial charge in [0.1, 0.15) is 5.16 Å². The van der Waals surface area contributed by atoms with E-state index in [9.17, 15) is 0 Å². The number of hydrogen-bond acceptors (Lipinski definition) is 2. The summed E-state index contributed by atoms with van der Waals surface area (Å²) in [5.41, 5.74) is 4.18. The molecule has 0 heterocycles. The van der Waals surface area contributed by atoms with E-state index in [0.29, 0.717) is 0 Å². The lowest BCUT2D eigenvalue weighted by Crippen LogP contribution is -2.18. The fraction of sp³-hybridized carbons (Fsp3) is 0.250. The Morgan fingerprint density at radius 1 is 1.60 bits per heavy atom.